The third-order valence-electron chi connectivity index (χ3n) is 4.26. The van der Waals surface area contributed by atoms with Crippen molar-refractivity contribution in [3.63, 3.8) is 0 Å². The van der Waals surface area contributed by atoms with Crippen LogP contribution in [-0.2, 0) is 0 Å². The Labute approximate surface area is 164 Å². The molecular weight excluding hydrogens is 406 g/mol. The van der Waals surface area contributed by atoms with Gasteiger partial charge in [-0.15, -0.1) is 0 Å². The first-order valence-electron chi connectivity index (χ1n) is 8.23. The SMILES string of the molecule is Cc1ccc2c(N)c(Br)ccc2c1Oc1ncccc1-c1ccnc(N)n1. The van der Waals surface area contributed by atoms with Crippen LogP contribution >= 0.6 is 15.9 Å². The second-order valence-electron chi connectivity index (χ2n) is 6.03. The zero-order valence-electron chi connectivity index (χ0n) is 14.5. The highest BCUT2D eigenvalue weighted by atomic mass is 79.9. The minimum Gasteiger partial charge on any atom is -0.437 e. The molecule has 27 heavy (non-hydrogen) atoms. The molecule has 4 rings (SSSR count). The summed E-state index contributed by atoms with van der Waals surface area (Å²) in [6, 6.07) is 13.3. The first-order chi connectivity index (χ1) is 13.0. The number of anilines is 2. The summed E-state index contributed by atoms with van der Waals surface area (Å²) in [7, 11) is 0. The van der Waals surface area contributed by atoms with Gasteiger partial charge in [0.05, 0.1) is 16.9 Å². The van der Waals surface area contributed by atoms with Crippen LogP contribution in [0.5, 0.6) is 11.6 Å². The van der Waals surface area contributed by atoms with Gasteiger partial charge in [0.15, 0.2) is 0 Å². The maximum absolute atomic E-state index is 6.26. The quantitative estimate of drug-likeness (QED) is 0.464. The number of nitrogen functional groups attached to an aromatic ring is 2. The van der Waals surface area contributed by atoms with Gasteiger partial charge in [-0.2, -0.15) is 0 Å². The van der Waals surface area contributed by atoms with Crippen molar-refractivity contribution in [1.29, 1.82) is 0 Å². The molecule has 0 saturated carbocycles. The van der Waals surface area contributed by atoms with Gasteiger partial charge in [-0.05, 0) is 58.7 Å². The summed E-state index contributed by atoms with van der Waals surface area (Å²) >= 11 is 3.47. The monoisotopic (exact) mass is 421 g/mol. The number of pyridine rings is 1. The number of aryl methyl sites for hydroxylation is 1. The van der Waals surface area contributed by atoms with E-state index in [0.717, 1.165) is 26.4 Å². The summed E-state index contributed by atoms with van der Waals surface area (Å²) in [4.78, 5) is 12.6. The van der Waals surface area contributed by atoms with Crippen molar-refractivity contribution in [3.8, 4) is 22.9 Å². The molecule has 0 radical (unpaired) electrons. The fraction of sp³-hybridized carbons (Fsp3) is 0.0500. The van der Waals surface area contributed by atoms with E-state index >= 15 is 0 Å². The number of halogens is 1. The van der Waals surface area contributed by atoms with Crippen LogP contribution in [0.4, 0.5) is 11.6 Å². The number of benzene rings is 2. The Morgan fingerprint density at radius 2 is 1.74 bits per heavy atom. The number of hydrogen-bond acceptors (Lipinski definition) is 6. The Morgan fingerprint density at radius 1 is 0.926 bits per heavy atom. The highest BCUT2D eigenvalue weighted by Crippen LogP contribution is 2.39. The zero-order valence-corrected chi connectivity index (χ0v) is 16.1. The maximum atomic E-state index is 6.26. The topological polar surface area (TPSA) is 99.9 Å². The van der Waals surface area contributed by atoms with Crippen molar-refractivity contribution in [2.75, 3.05) is 11.5 Å². The van der Waals surface area contributed by atoms with Gasteiger partial charge in [0.25, 0.3) is 0 Å². The molecule has 0 aliphatic heterocycles. The van der Waals surface area contributed by atoms with Gasteiger partial charge in [0, 0.05) is 27.6 Å². The molecule has 0 aliphatic carbocycles. The lowest BCUT2D eigenvalue weighted by molar-refractivity contribution is 0.466. The van der Waals surface area contributed by atoms with Gasteiger partial charge in [-0.3, -0.25) is 0 Å². The van der Waals surface area contributed by atoms with Gasteiger partial charge in [0.1, 0.15) is 5.75 Å². The predicted molar refractivity (Wildman–Crippen MR) is 111 cm³/mol. The van der Waals surface area contributed by atoms with E-state index in [4.69, 9.17) is 16.2 Å². The van der Waals surface area contributed by atoms with Gasteiger partial charge in [-0.1, -0.05) is 12.1 Å². The Balaban J connectivity index is 1.87. The molecule has 6 nitrogen and oxygen atoms in total. The van der Waals surface area contributed by atoms with Crippen LogP contribution in [0.15, 0.2) is 59.3 Å². The maximum Gasteiger partial charge on any atom is 0.228 e. The molecule has 0 aliphatic rings. The van der Waals surface area contributed by atoms with Crippen molar-refractivity contribution in [2.45, 2.75) is 6.92 Å². The number of aromatic nitrogens is 3. The van der Waals surface area contributed by atoms with E-state index in [-0.39, 0.29) is 5.95 Å². The van der Waals surface area contributed by atoms with Crippen molar-refractivity contribution in [3.05, 3.63) is 64.9 Å². The molecule has 2 heterocycles. The lowest BCUT2D eigenvalue weighted by Gasteiger charge is -2.15. The third kappa shape index (κ3) is 3.17. The Morgan fingerprint density at radius 3 is 2.56 bits per heavy atom. The van der Waals surface area contributed by atoms with Gasteiger partial charge in [0.2, 0.25) is 11.8 Å². The summed E-state index contributed by atoms with van der Waals surface area (Å²) < 4.78 is 7.11. The molecule has 134 valence electrons. The summed E-state index contributed by atoms with van der Waals surface area (Å²) in [6.45, 7) is 1.98. The predicted octanol–water partition coefficient (Wildman–Crippen LogP) is 4.72. The van der Waals surface area contributed by atoms with Crippen LogP contribution in [0, 0.1) is 6.92 Å². The molecule has 4 aromatic rings. The van der Waals surface area contributed by atoms with E-state index in [9.17, 15) is 0 Å². The average molecular weight is 422 g/mol. The highest BCUT2D eigenvalue weighted by molar-refractivity contribution is 9.10. The number of ether oxygens (including phenoxy) is 1. The van der Waals surface area contributed by atoms with Crippen LogP contribution in [-0.4, -0.2) is 15.0 Å². The van der Waals surface area contributed by atoms with Crippen molar-refractivity contribution in [1.82, 2.24) is 15.0 Å². The summed E-state index contributed by atoms with van der Waals surface area (Å²) in [5.41, 5.74) is 15.0. The van der Waals surface area contributed by atoms with E-state index in [1.165, 1.54) is 0 Å². The van der Waals surface area contributed by atoms with Crippen LogP contribution in [0.1, 0.15) is 5.56 Å². The molecule has 0 bridgehead atoms. The minimum atomic E-state index is 0.196. The van der Waals surface area contributed by atoms with Crippen LogP contribution in [0.3, 0.4) is 0 Å². The van der Waals surface area contributed by atoms with E-state index in [0.29, 0.717) is 23.0 Å². The Bertz CT molecular complexity index is 1160. The highest BCUT2D eigenvalue weighted by Gasteiger charge is 2.15. The van der Waals surface area contributed by atoms with Gasteiger partial charge >= 0.3 is 0 Å². The number of nitrogens with zero attached hydrogens (tertiary/aromatic N) is 3. The van der Waals surface area contributed by atoms with Crippen molar-refractivity contribution in [2.24, 2.45) is 0 Å². The zero-order chi connectivity index (χ0) is 19.0. The summed E-state index contributed by atoms with van der Waals surface area (Å²) in [5, 5.41) is 1.82. The van der Waals surface area contributed by atoms with Crippen LogP contribution < -0.4 is 16.2 Å². The molecule has 0 fully saturated rings. The van der Waals surface area contributed by atoms with Crippen molar-refractivity contribution < 1.29 is 4.74 Å². The summed E-state index contributed by atoms with van der Waals surface area (Å²) in [5.74, 6) is 1.34. The first kappa shape index (κ1) is 17.2. The van der Waals surface area contributed by atoms with E-state index in [1.807, 2.05) is 43.3 Å². The molecule has 0 unspecified atom stereocenters. The van der Waals surface area contributed by atoms with E-state index in [2.05, 4.69) is 30.9 Å². The largest absolute Gasteiger partial charge is 0.437 e. The second kappa shape index (κ2) is 6.85. The van der Waals surface area contributed by atoms with Crippen LogP contribution in [0.25, 0.3) is 22.0 Å². The standard InChI is InChI=1S/C20H16BrN5O/c1-11-4-5-12-13(6-7-15(21)17(12)22)18(11)27-19-14(3-2-9-24-19)16-8-10-25-20(23)26-16/h2-10H,22H2,1H3,(H2,23,25,26). The molecule has 2 aromatic heterocycles. The molecule has 2 aromatic carbocycles. The molecule has 0 amide bonds. The van der Waals surface area contributed by atoms with E-state index in [1.54, 1.807) is 18.5 Å². The number of hydrogen-bond donors (Lipinski definition) is 2. The molecule has 7 heteroatoms. The Hall–Kier alpha value is -3.19. The van der Waals surface area contributed by atoms with Crippen molar-refractivity contribution >= 4 is 38.3 Å². The third-order valence-corrected chi connectivity index (χ3v) is 4.95. The molecule has 4 N–H and O–H groups in total. The fourth-order valence-electron chi connectivity index (χ4n) is 2.91. The van der Waals surface area contributed by atoms with Crippen LogP contribution in [0.2, 0.25) is 0 Å². The number of nitrogens with two attached hydrogens (primary N) is 2. The number of rotatable bonds is 3. The molecule has 0 atom stereocenters. The fourth-order valence-corrected chi connectivity index (χ4v) is 3.25. The molecule has 0 saturated heterocycles. The lowest BCUT2D eigenvalue weighted by atomic mass is 10.0. The van der Waals surface area contributed by atoms with Gasteiger partial charge in [-0.25, -0.2) is 15.0 Å². The first-order valence-corrected chi connectivity index (χ1v) is 9.03. The smallest absolute Gasteiger partial charge is 0.228 e. The average Bonchev–Trinajstić information content (AvgIpc) is 2.67. The number of fused-ring (bicyclic) bond motifs is 1. The van der Waals surface area contributed by atoms with E-state index < -0.39 is 0 Å². The van der Waals surface area contributed by atoms with Gasteiger partial charge < -0.3 is 16.2 Å². The minimum absolute atomic E-state index is 0.196. The second-order valence-corrected chi connectivity index (χ2v) is 6.88. The lowest BCUT2D eigenvalue weighted by Crippen LogP contribution is -1.99. The normalized spacial score (nSPS) is 10.9. The summed E-state index contributed by atoms with van der Waals surface area (Å²) in [6.07, 6.45) is 3.28. The molecular formula is C20H16BrN5O. The Kier molecular flexibility index (Phi) is 4.37. The molecule has 0 spiro atoms.